The van der Waals surface area contributed by atoms with Gasteiger partial charge < -0.3 is 14.6 Å². The van der Waals surface area contributed by atoms with Gasteiger partial charge in [-0.05, 0) is 60.3 Å². The number of nitrogens with zero attached hydrogens (tertiary/aromatic N) is 6. The number of rotatable bonds is 11. The Bertz CT molecular complexity index is 1350. The highest BCUT2D eigenvalue weighted by Crippen LogP contribution is 2.40. The zero-order chi connectivity index (χ0) is 27.7. The van der Waals surface area contributed by atoms with E-state index in [9.17, 15) is 4.79 Å². The molecule has 1 fully saturated rings. The third kappa shape index (κ3) is 5.55. The summed E-state index contributed by atoms with van der Waals surface area (Å²) >= 11 is 4.81. The third-order valence-electron chi connectivity index (χ3n) is 7.67. The van der Waals surface area contributed by atoms with Crippen LogP contribution >= 0.6 is 12.6 Å². The normalized spacial score (nSPS) is 16.2. The molecule has 0 radical (unpaired) electrons. The Hall–Kier alpha value is -2.95. The molecule has 5 rings (SSSR count). The van der Waals surface area contributed by atoms with Crippen molar-refractivity contribution in [3.63, 3.8) is 0 Å². The number of aryl methyl sites for hydroxylation is 1. The Morgan fingerprint density at radius 1 is 1.21 bits per heavy atom. The molecule has 1 saturated heterocycles. The summed E-state index contributed by atoms with van der Waals surface area (Å²) < 4.78 is 7.66. The second-order valence-electron chi connectivity index (χ2n) is 11.2. The van der Waals surface area contributed by atoms with Gasteiger partial charge in [-0.25, -0.2) is 4.98 Å². The minimum Gasteiger partial charge on any atom is -0.379 e. The van der Waals surface area contributed by atoms with E-state index < -0.39 is 0 Å². The van der Waals surface area contributed by atoms with E-state index in [1.54, 1.807) is 11.2 Å². The first-order valence-electron chi connectivity index (χ1n) is 13.8. The number of ether oxygens (including phenoxy) is 1. The number of anilines is 2. The molecule has 0 aliphatic carbocycles. The van der Waals surface area contributed by atoms with E-state index in [2.05, 4.69) is 53.3 Å². The molecule has 10 heteroatoms. The number of pyridine rings is 1. The molecule has 4 heterocycles. The van der Waals surface area contributed by atoms with Gasteiger partial charge in [-0.2, -0.15) is 0 Å². The molecule has 1 aromatic carbocycles. The lowest BCUT2D eigenvalue weighted by molar-refractivity contribution is -0.0611. The molecule has 208 valence electrons. The van der Waals surface area contributed by atoms with Crippen LogP contribution in [0.1, 0.15) is 60.6 Å². The highest BCUT2D eigenvalue weighted by molar-refractivity contribution is 7.80. The summed E-state index contributed by atoms with van der Waals surface area (Å²) in [5.74, 6) is 2.83. The van der Waals surface area contributed by atoms with E-state index >= 15 is 0 Å². The van der Waals surface area contributed by atoms with Crippen molar-refractivity contribution in [2.45, 2.75) is 57.5 Å². The topological polar surface area (TPSA) is 88.4 Å². The van der Waals surface area contributed by atoms with Crippen LogP contribution in [0.4, 0.5) is 11.6 Å². The number of aromatic nitrogens is 4. The molecule has 0 unspecified atom stereocenters. The molecule has 3 aromatic rings. The number of nitrogens with one attached hydrogen (secondary N) is 1. The Balaban J connectivity index is 1.46. The summed E-state index contributed by atoms with van der Waals surface area (Å²) in [6.07, 6.45) is 2.41. The molecule has 2 aromatic heterocycles. The summed E-state index contributed by atoms with van der Waals surface area (Å²) in [4.78, 5) is 23.7. The second kappa shape index (κ2) is 11.3. The van der Waals surface area contributed by atoms with E-state index in [1.807, 2.05) is 30.7 Å². The second-order valence-corrected chi connectivity index (χ2v) is 11.7. The number of carbonyl (C=O) groups excluding carboxylic acids is 1. The van der Waals surface area contributed by atoms with Crippen LogP contribution in [0.15, 0.2) is 35.5 Å². The number of carbonyl (C=O) groups is 1. The predicted octanol–water partition coefficient (Wildman–Crippen LogP) is 4.08. The van der Waals surface area contributed by atoms with Gasteiger partial charge in [0.05, 0.1) is 19.8 Å². The molecule has 0 spiro atoms. The highest BCUT2D eigenvalue weighted by Gasteiger charge is 2.43. The number of amides is 1. The Labute approximate surface area is 236 Å². The van der Waals surface area contributed by atoms with Crippen molar-refractivity contribution >= 4 is 30.2 Å². The lowest BCUT2D eigenvalue weighted by Crippen LogP contribution is -2.49. The first-order chi connectivity index (χ1) is 18.7. The Morgan fingerprint density at radius 2 is 2.00 bits per heavy atom. The van der Waals surface area contributed by atoms with Gasteiger partial charge >= 0.3 is 0 Å². The average Bonchev–Trinajstić information content (AvgIpc) is 3.43. The molecular weight excluding hydrogens is 510 g/mol. The predicted molar refractivity (Wildman–Crippen MR) is 156 cm³/mol. The van der Waals surface area contributed by atoms with Gasteiger partial charge in [-0.15, -0.1) is 22.8 Å². The van der Waals surface area contributed by atoms with Crippen molar-refractivity contribution in [3.8, 4) is 0 Å². The lowest BCUT2D eigenvalue weighted by atomic mass is 9.75. The quantitative estimate of drug-likeness (QED) is 0.349. The van der Waals surface area contributed by atoms with Gasteiger partial charge in [-0.3, -0.25) is 14.6 Å². The van der Waals surface area contributed by atoms with Crippen LogP contribution in [0.3, 0.4) is 0 Å². The molecule has 0 atom stereocenters. The van der Waals surface area contributed by atoms with Crippen LogP contribution in [-0.4, -0.2) is 63.4 Å². The van der Waals surface area contributed by atoms with Crippen molar-refractivity contribution in [1.29, 1.82) is 0 Å². The van der Waals surface area contributed by atoms with Gasteiger partial charge in [0.2, 0.25) is 0 Å². The Morgan fingerprint density at radius 3 is 2.62 bits per heavy atom. The number of thiol groups is 1. The van der Waals surface area contributed by atoms with Gasteiger partial charge in [0, 0.05) is 49.0 Å². The fourth-order valence-electron chi connectivity index (χ4n) is 5.52. The van der Waals surface area contributed by atoms with Gasteiger partial charge in [0.1, 0.15) is 23.8 Å². The minimum atomic E-state index is -0.250. The number of hydrogen-bond acceptors (Lipinski definition) is 8. The molecule has 1 N–H and O–H groups in total. The van der Waals surface area contributed by atoms with E-state index in [0.29, 0.717) is 37.9 Å². The monoisotopic (exact) mass is 549 g/mol. The van der Waals surface area contributed by atoms with Crippen molar-refractivity contribution in [3.05, 3.63) is 58.7 Å². The maximum absolute atomic E-state index is 13.8. The van der Waals surface area contributed by atoms with E-state index in [0.717, 1.165) is 65.0 Å². The molecule has 9 nitrogen and oxygen atoms in total. The molecule has 0 bridgehead atoms. The summed E-state index contributed by atoms with van der Waals surface area (Å²) in [6, 6.07) is 8.28. The van der Waals surface area contributed by atoms with Gasteiger partial charge in [0.25, 0.3) is 5.91 Å². The first kappa shape index (κ1) is 27.6. The molecule has 0 saturated carbocycles. The summed E-state index contributed by atoms with van der Waals surface area (Å²) in [5.41, 5.74) is 3.62. The number of benzene rings is 1. The zero-order valence-electron chi connectivity index (χ0n) is 23.6. The van der Waals surface area contributed by atoms with Crippen molar-refractivity contribution in [2.24, 2.45) is 13.0 Å². The van der Waals surface area contributed by atoms with Crippen LogP contribution in [-0.2, 0) is 36.7 Å². The van der Waals surface area contributed by atoms with Gasteiger partial charge in [0.15, 0.2) is 0 Å². The van der Waals surface area contributed by atoms with Gasteiger partial charge in [-0.1, -0.05) is 20.8 Å². The van der Waals surface area contributed by atoms with E-state index in [4.69, 9.17) is 22.3 Å². The summed E-state index contributed by atoms with van der Waals surface area (Å²) in [7, 11) is 1.95. The van der Waals surface area contributed by atoms with Crippen molar-refractivity contribution < 1.29 is 9.53 Å². The third-order valence-corrected chi connectivity index (χ3v) is 8.07. The smallest absolute Gasteiger partial charge is 0.260 e. The molecule has 1 amide bonds. The maximum atomic E-state index is 13.8. The standard InChI is InChI=1S/C29H39N7O2S/c1-6-30-25-10-21(29(16-38-17-29)12-27-33-31-18-34(27)5)11-26(32-25)36-15-23-22(28(36)37)8-20(9-24(23)39)14-35(7-2)13-19(3)4/h8-11,18-19,39H,6-7,12-17H2,1-5H3,(H,30,32). The summed E-state index contributed by atoms with van der Waals surface area (Å²) in [5, 5.41) is 11.7. The highest BCUT2D eigenvalue weighted by atomic mass is 32.1. The van der Waals surface area contributed by atoms with Crippen molar-refractivity contribution in [1.82, 2.24) is 24.6 Å². The first-order valence-corrected chi connectivity index (χ1v) is 14.2. The average molecular weight is 550 g/mol. The fourth-order valence-corrected chi connectivity index (χ4v) is 5.88. The number of fused-ring (bicyclic) bond motifs is 1. The fraction of sp³-hybridized carbons (Fsp3) is 0.517. The SMILES string of the molecule is CCNc1cc(C2(Cc3nncn3C)COC2)cc(N2Cc3c(S)cc(CN(CC)CC(C)C)cc3C2=O)n1. The van der Waals surface area contributed by atoms with Crippen LogP contribution in [0, 0.1) is 5.92 Å². The molecule has 39 heavy (non-hydrogen) atoms. The maximum Gasteiger partial charge on any atom is 0.260 e. The van der Waals surface area contributed by atoms with Crippen LogP contribution in [0.5, 0.6) is 0 Å². The largest absolute Gasteiger partial charge is 0.379 e. The molecule has 2 aliphatic rings. The molecule has 2 aliphatic heterocycles. The molecular formula is C29H39N7O2S. The summed E-state index contributed by atoms with van der Waals surface area (Å²) in [6.45, 7) is 13.8. The lowest BCUT2D eigenvalue weighted by Gasteiger charge is -2.42. The minimum absolute atomic E-state index is 0.0339. The Kier molecular flexibility index (Phi) is 7.98. The van der Waals surface area contributed by atoms with Crippen LogP contribution in [0.25, 0.3) is 0 Å². The van der Waals surface area contributed by atoms with Crippen LogP contribution < -0.4 is 10.2 Å². The van der Waals surface area contributed by atoms with Crippen LogP contribution in [0.2, 0.25) is 0 Å². The zero-order valence-corrected chi connectivity index (χ0v) is 24.5. The number of hydrogen-bond donors (Lipinski definition) is 2. The van der Waals surface area contributed by atoms with Crippen molar-refractivity contribution in [2.75, 3.05) is 43.1 Å². The van der Waals surface area contributed by atoms with E-state index in [-0.39, 0.29) is 11.3 Å². The van der Waals surface area contributed by atoms with E-state index in [1.165, 1.54) is 0 Å².